The number of nitrogens with one attached hydrogen (secondary N) is 1. The number of esters is 1. The first-order chi connectivity index (χ1) is 12.2. The Kier molecular flexibility index (Phi) is 5.69. The van der Waals surface area contributed by atoms with Gasteiger partial charge in [0.1, 0.15) is 5.75 Å². The number of hydrogen-bond donors (Lipinski definition) is 1. The zero-order valence-electron chi connectivity index (χ0n) is 16.0. The van der Waals surface area contributed by atoms with Gasteiger partial charge in [-0.1, -0.05) is 0 Å². The van der Waals surface area contributed by atoms with Gasteiger partial charge in [-0.25, -0.2) is 4.68 Å². The van der Waals surface area contributed by atoms with Gasteiger partial charge in [0.25, 0.3) is 5.56 Å². The van der Waals surface area contributed by atoms with E-state index >= 15 is 0 Å². The monoisotopic (exact) mass is 359 g/mol. The summed E-state index contributed by atoms with van der Waals surface area (Å²) in [4.78, 5) is 29.4. The molecule has 1 aromatic heterocycles. The minimum atomic E-state index is -0.432. The molecule has 2 aromatic rings. The van der Waals surface area contributed by atoms with Crippen molar-refractivity contribution in [2.75, 3.05) is 14.2 Å². The number of aliphatic imine (C=N–C) groups is 1. The van der Waals surface area contributed by atoms with Gasteiger partial charge in [0, 0.05) is 5.71 Å². The highest BCUT2D eigenvalue weighted by molar-refractivity contribution is 6.00. The van der Waals surface area contributed by atoms with Crippen molar-refractivity contribution in [3.05, 3.63) is 45.9 Å². The molecule has 26 heavy (non-hydrogen) atoms. The van der Waals surface area contributed by atoms with Gasteiger partial charge in [-0.05, 0) is 52.0 Å². The van der Waals surface area contributed by atoms with Gasteiger partial charge < -0.3 is 9.47 Å². The van der Waals surface area contributed by atoms with Crippen LogP contribution >= 0.6 is 0 Å². The minimum absolute atomic E-state index is 0.0404. The third-order valence-electron chi connectivity index (χ3n) is 3.71. The molecule has 0 aliphatic rings. The standard InChI is InChI=1S/C19H25N3O4/c1-12(20-19(2,3)4)17-15(11-16(23)26-6)21-22(18(17)24)13-7-9-14(25-5)10-8-13/h7-10,21H,11H2,1-6H3. The second kappa shape index (κ2) is 7.59. The lowest BCUT2D eigenvalue weighted by molar-refractivity contribution is -0.139. The average Bonchev–Trinajstić information content (AvgIpc) is 2.89. The summed E-state index contributed by atoms with van der Waals surface area (Å²) < 4.78 is 11.3. The van der Waals surface area contributed by atoms with Crippen LogP contribution in [0.3, 0.4) is 0 Å². The number of ether oxygens (including phenoxy) is 2. The quantitative estimate of drug-likeness (QED) is 0.656. The Hall–Kier alpha value is -2.83. The zero-order valence-corrected chi connectivity index (χ0v) is 16.0. The molecular formula is C19H25N3O4. The number of nitrogens with zero attached hydrogens (tertiary/aromatic N) is 2. The molecule has 1 aromatic carbocycles. The molecule has 0 unspecified atom stereocenters. The molecule has 0 aliphatic heterocycles. The Balaban J connectivity index is 2.61. The van der Waals surface area contributed by atoms with E-state index in [-0.39, 0.29) is 17.5 Å². The van der Waals surface area contributed by atoms with Crippen LogP contribution in [-0.4, -0.2) is 41.2 Å². The molecule has 0 amide bonds. The van der Waals surface area contributed by atoms with Gasteiger partial charge >= 0.3 is 5.97 Å². The van der Waals surface area contributed by atoms with Crippen LogP contribution in [0.5, 0.6) is 5.75 Å². The van der Waals surface area contributed by atoms with Crippen LogP contribution in [0.25, 0.3) is 5.69 Å². The van der Waals surface area contributed by atoms with Crippen molar-refractivity contribution in [3.63, 3.8) is 0 Å². The van der Waals surface area contributed by atoms with E-state index in [1.807, 2.05) is 20.8 Å². The highest BCUT2D eigenvalue weighted by atomic mass is 16.5. The summed E-state index contributed by atoms with van der Waals surface area (Å²) in [6.07, 6.45) is -0.0404. The van der Waals surface area contributed by atoms with Crippen LogP contribution in [0.2, 0.25) is 0 Å². The van der Waals surface area contributed by atoms with Crippen molar-refractivity contribution in [2.45, 2.75) is 39.7 Å². The largest absolute Gasteiger partial charge is 0.497 e. The number of aromatic amines is 1. The third kappa shape index (κ3) is 4.41. The molecule has 1 N–H and O–H groups in total. The maximum absolute atomic E-state index is 13.0. The Morgan fingerprint density at radius 2 is 1.81 bits per heavy atom. The summed E-state index contributed by atoms with van der Waals surface area (Å²) in [7, 11) is 2.89. The number of carbonyl (C=O) groups is 1. The number of carbonyl (C=O) groups excluding carboxylic acids is 1. The van der Waals surface area contributed by atoms with E-state index in [1.54, 1.807) is 38.3 Å². The van der Waals surface area contributed by atoms with Crippen LogP contribution in [0.15, 0.2) is 34.1 Å². The summed E-state index contributed by atoms with van der Waals surface area (Å²) in [5, 5.41) is 3.02. The Bertz CT molecular complexity index is 868. The van der Waals surface area contributed by atoms with E-state index in [0.717, 1.165) is 0 Å². The van der Waals surface area contributed by atoms with Gasteiger partial charge in [0.05, 0.1) is 43.1 Å². The average molecular weight is 359 g/mol. The zero-order chi connectivity index (χ0) is 19.5. The minimum Gasteiger partial charge on any atom is -0.497 e. The van der Waals surface area contributed by atoms with Crippen LogP contribution < -0.4 is 10.3 Å². The van der Waals surface area contributed by atoms with Crippen molar-refractivity contribution in [2.24, 2.45) is 4.99 Å². The number of benzene rings is 1. The smallest absolute Gasteiger partial charge is 0.311 e. The van der Waals surface area contributed by atoms with E-state index in [1.165, 1.54) is 11.8 Å². The number of aromatic nitrogens is 2. The number of hydrogen-bond acceptors (Lipinski definition) is 5. The molecule has 7 heteroatoms. The van der Waals surface area contributed by atoms with Crippen molar-refractivity contribution in [1.82, 2.24) is 9.78 Å². The summed E-state index contributed by atoms with van der Waals surface area (Å²) >= 11 is 0. The maximum atomic E-state index is 13.0. The molecule has 0 aliphatic carbocycles. The fraction of sp³-hybridized carbons (Fsp3) is 0.421. The SMILES string of the molecule is COC(=O)Cc1[nH]n(-c2ccc(OC)cc2)c(=O)c1C(C)=NC(C)(C)C. The van der Waals surface area contributed by atoms with Gasteiger partial charge in [-0.2, -0.15) is 0 Å². The molecule has 0 saturated heterocycles. The van der Waals surface area contributed by atoms with Crippen LogP contribution in [0.4, 0.5) is 0 Å². The van der Waals surface area contributed by atoms with E-state index in [2.05, 4.69) is 10.1 Å². The lowest BCUT2D eigenvalue weighted by atomic mass is 10.1. The van der Waals surface area contributed by atoms with Gasteiger partial charge in [0.15, 0.2) is 0 Å². The van der Waals surface area contributed by atoms with Gasteiger partial charge in [0.2, 0.25) is 0 Å². The number of methoxy groups -OCH3 is 2. The molecule has 0 fully saturated rings. The van der Waals surface area contributed by atoms with Crippen LogP contribution in [0, 0.1) is 0 Å². The van der Waals surface area contributed by atoms with Crippen molar-refractivity contribution in [3.8, 4) is 11.4 Å². The van der Waals surface area contributed by atoms with Gasteiger partial charge in [-0.15, -0.1) is 0 Å². The lowest BCUT2D eigenvalue weighted by Crippen LogP contribution is -2.22. The molecule has 0 saturated carbocycles. The summed E-state index contributed by atoms with van der Waals surface area (Å²) in [6.45, 7) is 7.62. The number of rotatable bonds is 5. The first-order valence-corrected chi connectivity index (χ1v) is 8.28. The molecule has 0 bridgehead atoms. The first-order valence-electron chi connectivity index (χ1n) is 8.28. The molecule has 0 atom stereocenters. The second-order valence-electron chi connectivity index (χ2n) is 6.92. The van der Waals surface area contributed by atoms with E-state index in [9.17, 15) is 9.59 Å². The van der Waals surface area contributed by atoms with E-state index in [4.69, 9.17) is 9.47 Å². The van der Waals surface area contributed by atoms with E-state index < -0.39 is 5.97 Å². The fourth-order valence-corrected chi connectivity index (χ4v) is 2.67. The van der Waals surface area contributed by atoms with Crippen molar-refractivity contribution in [1.29, 1.82) is 0 Å². The topological polar surface area (TPSA) is 85.7 Å². The Labute approximate surface area is 152 Å². The predicted molar refractivity (Wildman–Crippen MR) is 101 cm³/mol. The molecule has 7 nitrogen and oxygen atoms in total. The van der Waals surface area contributed by atoms with Crippen LogP contribution in [-0.2, 0) is 16.0 Å². The predicted octanol–water partition coefficient (Wildman–Crippen LogP) is 2.50. The summed E-state index contributed by atoms with van der Waals surface area (Å²) in [6, 6.07) is 7.05. The molecule has 140 valence electrons. The molecule has 0 radical (unpaired) electrons. The number of H-pyrrole nitrogens is 1. The Morgan fingerprint density at radius 3 is 2.31 bits per heavy atom. The molecule has 1 heterocycles. The third-order valence-corrected chi connectivity index (χ3v) is 3.71. The lowest BCUT2D eigenvalue weighted by Gasteiger charge is -2.13. The van der Waals surface area contributed by atoms with E-state index in [0.29, 0.717) is 28.4 Å². The molecule has 2 rings (SSSR count). The Morgan fingerprint density at radius 1 is 1.19 bits per heavy atom. The van der Waals surface area contributed by atoms with Gasteiger partial charge in [-0.3, -0.25) is 19.7 Å². The maximum Gasteiger partial charge on any atom is 0.311 e. The first kappa shape index (κ1) is 19.5. The normalized spacial score (nSPS) is 12.2. The van der Waals surface area contributed by atoms with Crippen molar-refractivity contribution >= 4 is 11.7 Å². The molecular weight excluding hydrogens is 334 g/mol. The summed E-state index contributed by atoms with van der Waals surface area (Å²) in [5.41, 5.74) is 1.46. The highest BCUT2D eigenvalue weighted by Crippen LogP contribution is 2.16. The van der Waals surface area contributed by atoms with Crippen molar-refractivity contribution < 1.29 is 14.3 Å². The highest BCUT2D eigenvalue weighted by Gasteiger charge is 2.21. The van der Waals surface area contributed by atoms with Crippen LogP contribution in [0.1, 0.15) is 39.0 Å². The fourth-order valence-electron chi connectivity index (χ4n) is 2.67. The molecule has 0 spiro atoms. The summed E-state index contributed by atoms with van der Waals surface area (Å²) in [5.74, 6) is 0.256. The second-order valence-corrected chi connectivity index (χ2v) is 6.92.